The predicted molar refractivity (Wildman–Crippen MR) is 150 cm³/mol. The maximum Gasteiger partial charge on any atom is 0.407 e. The molecule has 0 saturated carbocycles. The molecule has 0 aromatic heterocycles. The molecule has 2 aromatic carbocycles. The van der Waals surface area contributed by atoms with E-state index in [1.54, 1.807) is 0 Å². The van der Waals surface area contributed by atoms with Gasteiger partial charge >= 0.3 is 6.09 Å². The minimum atomic E-state index is -0.701. The molecule has 37 heavy (non-hydrogen) atoms. The van der Waals surface area contributed by atoms with Crippen molar-refractivity contribution in [1.82, 2.24) is 5.32 Å². The van der Waals surface area contributed by atoms with Crippen molar-refractivity contribution in [3.05, 3.63) is 59.7 Å². The molecule has 1 atom stereocenters. The van der Waals surface area contributed by atoms with Crippen molar-refractivity contribution in [2.45, 2.75) is 95.9 Å². The van der Waals surface area contributed by atoms with Crippen LogP contribution in [0.4, 0.5) is 4.79 Å². The summed E-state index contributed by atoms with van der Waals surface area (Å²) in [5.41, 5.74) is 4.69. The van der Waals surface area contributed by atoms with Crippen molar-refractivity contribution in [2.75, 3.05) is 19.8 Å². The molecule has 0 spiro atoms. The van der Waals surface area contributed by atoms with E-state index in [4.69, 9.17) is 9.47 Å². The van der Waals surface area contributed by atoms with E-state index in [2.05, 4.69) is 36.5 Å². The summed E-state index contributed by atoms with van der Waals surface area (Å²) >= 11 is 0. The zero-order valence-electron chi connectivity index (χ0n) is 22.6. The molecule has 0 unspecified atom stereocenters. The summed E-state index contributed by atoms with van der Waals surface area (Å²) in [4.78, 5) is 23.8. The van der Waals surface area contributed by atoms with Crippen LogP contribution in [-0.2, 0) is 14.3 Å². The first-order valence-corrected chi connectivity index (χ1v) is 14.4. The van der Waals surface area contributed by atoms with Gasteiger partial charge in [0.2, 0.25) is 0 Å². The lowest BCUT2D eigenvalue weighted by molar-refractivity contribution is -0.110. The predicted octanol–water partition coefficient (Wildman–Crippen LogP) is 7.81. The second-order valence-electron chi connectivity index (χ2n) is 10.2. The molecular weight excluding hydrogens is 462 g/mol. The van der Waals surface area contributed by atoms with Crippen molar-refractivity contribution >= 4 is 12.4 Å². The third kappa shape index (κ3) is 9.62. The lowest BCUT2D eigenvalue weighted by atomic mass is 9.98. The van der Waals surface area contributed by atoms with Crippen molar-refractivity contribution in [3.63, 3.8) is 0 Å². The molecule has 0 fully saturated rings. The zero-order chi connectivity index (χ0) is 26.1. The summed E-state index contributed by atoms with van der Waals surface area (Å²) in [6.45, 7) is 3.26. The molecule has 1 amide bonds. The number of amides is 1. The Morgan fingerprint density at radius 3 is 1.86 bits per heavy atom. The quantitative estimate of drug-likeness (QED) is 0.156. The Bertz CT molecular complexity index is 898. The van der Waals surface area contributed by atoms with Gasteiger partial charge < -0.3 is 19.6 Å². The van der Waals surface area contributed by atoms with E-state index in [9.17, 15) is 9.59 Å². The fraction of sp³-hybridized carbons (Fsp3) is 0.562. The van der Waals surface area contributed by atoms with E-state index < -0.39 is 12.1 Å². The lowest BCUT2D eigenvalue weighted by Crippen LogP contribution is -2.40. The molecule has 5 nitrogen and oxygen atoms in total. The maximum atomic E-state index is 12.4. The number of nitrogens with one attached hydrogen (secondary N) is 1. The SMILES string of the molecule is CCCCCCCCCCCCCCOC[C@@H](C=O)NC(=O)OCC1c2ccccc2-c2ccccc21. The summed E-state index contributed by atoms with van der Waals surface area (Å²) in [5.74, 6) is -0.00474. The highest BCUT2D eigenvalue weighted by atomic mass is 16.5. The number of rotatable bonds is 19. The summed E-state index contributed by atoms with van der Waals surface area (Å²) < 4.78 is 11.2. The fourth-order valence-corrected chi connectivity index (χ4v) is 5.16. The topological polar surface area (TPSA) is 64.6 Å². The molecule has 0 saturated heterocycles. The van der Waals surface area contributed by atoms with Crippen molar-refractivity contribution in [3.8, 4) is 11.1 Å². The highest BCUT2D eigenvalue weighted by molar-refractivity contribution is 5.79. The molecule has 0 radical (unpaired) electrons. The summed E-state index contributed by atoms with van der Waals surface area (Å²) in [5, 5.41) is 2.63. The van der Waals surface area contributed by atoms with E-state index in [1.807, 2.05) is 24.3 Å². The minimum absolute atomic E-state index is 0.00474. The Hall–Kier alpha value is -2.66. The van der Waals surface area contributed by atoms with Crippen molar-refractivity contribution < 1.29 is 19.1 Å². The Morgan fingerprint density at radius 1 is 0.811 bits per heavy atom. The number of carbonyl (C=O) groups is 2. The Kier molecular flexibility index (Phi) is 13.3. The fourth-order valence-electron chi connectivity index (χ4n) is 5.16. The second-order valence-corrected chi connectivity index (χ2v) is 10.2. The largest absolute Gasteiger partial charge is 0.449 e. The van der Waals surface area contributed by atoms with Crippen LogP contribution in [0.15, 0.2) is 48.5 Å². The van der Waals surface area contributed by atoms with Crippen LogP contribution in [0.25, 0.3) is 11.1 Å². The molecule has 2 aromatic rings. The molecule has 1 aliphatic rings. The molecular formula is C32H45NO4. The number of unbranched alkanes of at least 4 members (excludes halogenated alkanes) is 11. The van der Waals surface area contributed by atoms with Crippen molar-refractivity contribution in [2.24, 2.45) is 0 Å². The van der Waals surface area contributed by atoms with Gasteiger partial charge in [0, 0.05) is 12.5 Å². The van der Waals surface area contributed by atoms with Gasteiger partial charge in [-0.3, -0.25) is 0 Å². The first-order valence-electron chi connectivity index (χ1n) is 14.4. The molecule has 1 aliphatic carbocycles. The number of fused-ring (bicyclic) bond motifs is 3. The lowest BCUT2D eigenvalue weighted by Gasteiger charge is -2.17. The minimum Gasteiger partial charge on any atom is -0.449 e. The molecule has 1 N–H and O–H groups in total. The highest BCUT2D eigenvalue weighted by Crippen LogP contribution is 2.44. The van der Waals surface area contributed by atoms with E-state index in [1.165, 1.54) is 75.3 Å². The van der Waals surface area contributed by atoms with Crippen molar-refractivity contribution in [1.29, 1.82) is 0 Å². The van der Waals surface area contributed by atoms with Gasteiger partial charge in [0.05, 0.1) is 6.61 Å². The average Bonchev–Trinajstić information content (AvgIpc) is 3.25. The number of hydrogen-bond donors (Lipinski definition) is 1. The number of benzene rings is 2. The first-order chi connectivity index (χ1) is 18.2. The van der Waals surface area contributed by atoms with E-state index in [-0.39, 0.29) is 19.1 Å². The normalized spacial score (nSPS) is 13.1. The molecule has 5 heteroatoms. The number of ether oxygens (including phenoxy) is 2. The van der Waals surface area contributed by atoms with Crippen LogP contribution in [0, 0.1) is 0 Å². The number of aldehydes is 1. The van der Waals surface area contributed by atoms with E-state index >= 15 is 0 Å². The second kappa shape index (κ2) is 17.0. The summed E-state index contributed by atoms with van der Waals surface area (Å²) in [6, 6.07) is 15.7. The average molecular weight is 508 g/mol. The highest BCUT2D eigenvalue weighted by Gasteiger charge is 2.29. The Labute approximate surface area is 223 Å². The summed E-state index contributed by atoms with van der Waals surface area (Å²) in [7, 11) is 0. The molecule has 3 rings (SSSR count). The number of hydrogen-bond acceptors (Lipinski definition) is 4. The smallest absolute Gasteiger partial charge is 0.407 e. The van der Waals surface area contributed by atoms with Gasteiger partial charge in [0.25, 0.3) is 0 Å². The van der Waals surface area contributed by atoms with Gasteiger partial charge in [-0.15, -0.1) is 0 Å². The van der Waals surface area contributed by atoms with Gasteiger partial charge in [-0.1, -0.05) is 126 Å². The molecule has 0 aliphatic heterocycles. The van der Waals surface area contributed by atoms with Crippen LogP contribution < -0.4 is 5.32 Å². The van der Waals surface area contributed by atoms with Gasteiger partial charge in [-0.25, -0.2) is 4.79 Å². The third-order valence-electron chi connectivity index (χ3n) is 7.25. The van der Waals surface area contributed by atoms with E-state index in [0.29, 0.717) is 12.9 Å². The van der Waals surface area contributed by atoms with Crippen LogP contribution in [0.5, 0.6) is 0 Å². The van der Waals surface area contributed by atoms with Gasteiger partial charge in [-0.05, 0) is 28.7 Å². The van der Waals surface area contributed by atoms with Crippen LogP contribution in [0.1, 0.15) is 101 Å². The van der Waals surface area contributed by atoms with Crippen LogP contribution >= 0.6 is 0 Å². The molecule has 0 bridgehead atoms. The maximum absolute atomic E-state index is 12.4. The Balaban J connectivity index is 1.24. The van der Waals surface area contributed by atoms with Gasteiger partial charge in [0.1, 0.15) is 18.9 Å². The molecule has 0 heterocycles. The Morgan fingerprint density at radius 2 is 1.32 bits per heavy atom. The number of carbonyl (C=O) groups excluding carboxylic acids is 2. The summed E-state index contributed by atoms with van der Waals surface area (Å²) in [6.07, 6.45) is 15.7. The standard InChI is InChI=1S/C32H45NO4/c1-2-3-4-5-6-7-8-9-10-11-12-17-22-36-24-26(23-34)33-32(35)37-25-31-29-20-15-13-18-27(29)28-19-14-16-21-30(28)31/h13-16,18-21,23,26,31H,2-12,17,22,24-25H2,1H3,(H,33,35)/t26-/m1/s1. The monoisotopic (exact) mass is 507 g/mol. The van der Waals surface area contributed by atoms with Crippen LogP contribution in [0.3, 0.4) is 0 Å². The van der Waals surface area contributed by atoms with Crippen LogP contribution in [-0.4, -0.2) is 38.2 Å². The van der Waals surface area contributed by atoms with Crippen LogP contribution in [0.2, 0.25) is 0 Å². The van der Waals surface area contributed by atoms with Gasteiger partial charge in [0.15, 0.2) is 0 Å². The van der Waals surface area contributed by atoms with E-state index in [0.717, 1.165) is 24.0 Å². The van der Waals surface area contributed by atoms with Gasteiger partial charge in [-0.2, -0.15) is 0 Å². The zero-order valence-corrected chi connectivity index (χ0v) is 22.6. The third-order valence-corrected chi connectivity index (χ3v) is 7.25. The molecule has 202 valence electrons. The first kappa shape index (κ1) is 28.9. The number of alkyl carbamates (subject to hydrolysis) is 1.